The van der Waals surface area contributed by atoms with Gasteiger partial charge in [0.25, 0.3) is 0 Å². The molecule has 0 amide bonds. The number of hydrogen-bond donors (Lipinski definition) is 1. The largest absolute Gasteiger partial charge is 0.478 e. The highest BCUT2D eigenvalue weighted by Gasteiger charge is 2.21. The van der Waals surface area contributed by atoms with Crippen molar-refractivity contribution in [3.63, 3.8) is 0 Å². The summed E-state index contributed by atoms with van der Waals surface area (Å²) in [7, 11) is 0. The van der Waals surface area contributed by atoms with Crippen molar-refractivity contribution in [2.45, 2.75) is 39.5 Å². The molecule has 0 unspecified atom stereocenters. The van der Waals surface area contributed by atoms with Crippen molar-refractivity contribution >= 4 is 17.9 Å². The molecule has 0 atom stereocenters. The van der Waals surface area contributed by atoms with Gasteiger partial charge in [0.15, 0.2) is 0 Å². The van der Waals surface area contributed by atoms with E-state index in [9.17, 15) is 14.4 Å². The number of carbonyl (C=O) groups excluding carboxylic acids is 2. The first-order valence-electron chi connectivity index (χ1n) is 7.72. The van der Waals surface area contributed by atoms with Gasteiger partial charge < -0.3 is 14.6 Å². The molecular weight excluding hydrogens is 300 g/mol. The quantitative estimate of drug-likeness (QED) is 0.554. The van der Waals surface area contributed by atoms with Crippen molar-refractivity contribution in [3.8, 4) is 0 Å². The van der Waals surface area contributed by atoms with E-state index in [-0.39, 0.29) is 29.9 Å². The van der Waals surface area contributed by atoms with Crippen LogP contribution < -0.4 is 0 Å². The van der Waals surface area contributed by atoms with Crippen molar-refractivity contribution in [2.75, 3.05) is 13.2 Å². The summed E-state index contributed by atoms with van der Waals surface area (Å²) in [6.07, 6.45) is 3.14. The molecule has 0 bridgehead atoms. The fourth-order valence-electron chi connectivity index (χ4n) is 1.80. The Morgan fingerprint density at radius 1 is 0.913 bits per heavy atom. The maximum absolute atomic E-state index is 12.1. The van der Waals surface area contributed by atoms with Gasteiger partial charge in [0.05, 0.1) is 29.9 Å². The van der Waals surface area contributed by atoms with E-state index in [1.54, 1.807) is 0 Å². The monoisotopic (exact) mass is 322 g/mol. The SMILES string of the molecule is CCCCOC(=O)c1ccc(C(=O)O)cc1C(=O)OCCCC. The van der Waals surface area contributed by atoms with E-state index < -0.39 is 17.9 Å². The van der Waals surface area contributed by atoms with Gasteiger partial charge in [0, 0.05) is 0 Å². The summed E-state index contributed by atoms with van der Waals surface area (Å²) in [5, 5.41) is 9.04. The average Bonchev–Trinajstić information content (AvgIpc) is 2.54. The minimum Gasteiger partial charge on any atom is -0.478 e. The number of carbonyl (C=O) groups is 3. The van der Waals surface area contributed by atoms with Gasteiger partial charge in [-0.3, -0.25) is 0 Å². The Morgan fingerprint density at radius 3 is 1.91 bits per heavy atom. The van der Waals surface area contributed by atoms with Gasteiger partial charge >= 0.3 is 17.9 Å². The molecule has 0 spiro atoms. The zero-order valence-corrected chi connectivity index (χ0v) is 13.5. The minimum absolute atomic E-state index is 0.0209. The summed E-state index contributed by atoms with van der Waals surface area (Å²) in [5.74, 6) is -2.56. The summed E-state index contributed by atoms with van der Waals surface area (Å²) < 4.78 is 10.2. The Morgan fingerprint density at radius 2 is 1.43 bits per heavy atom. The van der Waals surface area contributed by atoms with E-state index >= 15 is 0 Å². The predicted octanol–water partition coefficient (Wildman–Crippen LogP) is 3.30. The van der Waals surface area contributed by atoms with Crippen LogP contribution in [0.1, 0.15) is 70.6 Å². The zero-order chi connectivity index (χ0) is 17.2. The lowest BCUT2D eigenvalue weighted by Crippen LogP contribution is -2.16. The molecule has 0 radical (unpaired) electrons. The van der Waals surface area contributed by atoms with Gasteiger partial charge in [-0.15, -0.1) is 0 Å². The average molecular weight is 322 g/mol. The molecule has 1 aromatic rings. The predicted molar refractivity (Wildman–Crippen MR) is 83.8 cm³/mol. The third-order valence-corrected chi connectivity index (χ3v) is 3.17. The molecule has 0 saturated carbocycles. The van der Waals surface area contributed by atoms with Crippen LogP contribution in [-0.2, 0) is 9.47 Å². The van der Waals surface area contributed by atoms with Gasteiger partial charge in [-0.25, -0.2) is 14.4 Å². The molecule has 1 N–H and O–H groups in total. The molecule has 126 valence electrons. The topological polar surface area (TPSA) is 89.9 Å². The molecule has 0 aliphatic carbocycles. The molecule has 0 heterocycles. The number of unbranched alkanes of at least 4 members (excludes halogenated alkanes) is 2. The summed E-state index contributed by atoms with van der Waals surface area (Å²) in [4.78, 5) is 35.3. The fourth-order valence-corrected chi connectivity index (χ4v) is 1.80. The van der Waals surface area contributed by atoms with Crippen LogP contribution in [0.3, 0.4) is 0 Å². The maximum atomic E-state index is 12.1. The number of ether oxygens (including phenoxy) is 2. The molecule has 0 aromatic heterocycles. The highest BCUT2D eigenvalue weighted by Crippen LogP contribution is 2.16. The molecule has 0 saturated heterocycles. The molecule has 0 aliphatic rings. The minimum atomic E-state index is -1.18. The summed E-state index contributed by atoms with van der Waals surface area (Å²) in [6.45, 7) is 4.39. The van der Waals surface area contributed by atoms with Crippen LogP contribution in [0.2, 0.25) is 0 Å². The van der Waals surface area contributed by atoms with Crippen LogP contribution in [-0.4, -0.2) is 36.2 Å². The first-order chi connectivity index (χ1) is 11.0. The molecule has 6 nitrogen and oxygen atoms in total. The lowest BCUT2D eigenvalue weighted by atomic mass is 10.0. The summed E-state index contributed by atoms with van der Waals surface area (Å²) in [5.41, 5.74) is -0.146. The summed E-state index contributed by atoms with van der Waals surface area (Å²) >= 11 is 0. The second-order valence-corrected chi connectivity index (χ2v) is 5.04. The molecule has 1 rings (SSSR count). The van der Waals surface area contributed by atoms with E-state index in [1.807, 2.05) is 13.8 Å². The Kier molecular flexibility index (Phi) is 7.80. The molecule has 0 aliphatic heterocycles. The van der Waals surface area contributed by atoms with Crippen molar-refractivity contribution < 1.29 is 29.0 Å². The first-order valence-corrected chi connectivity index (χ1v) is 7.72. The summed E-state index contributed by atoms with van der Waals surface area (Å²) in [6, 6.07) is 3.70. The van der Waals surface area contributed by atoms with E-state index in [4.69, 9.17) is 14.6 Å². The van der Waals surface area contributed by atoms with Crippen molar-refractivity contribution in [3.05, 3.63) is 34.9 Å². The van der Waals surface area contributed by atoms with E-state index in [0.717, 1.165) is 25.3 Å². The zero-order valence-electron chi connectivity index (χ0n) is 13.5. The highest BCUT2D eigenvalue weighted by atomic mass is 16.5. The van der Waals surface area contributed by atoms with Crippen LogP contribution in [0, 0.1) is 0 Å². The Labute approximate surface area is 135 Å². The number of esters is 2. The lowest BCUT2D eigenvalue weighted by molar-refractivity contribution is 0.0452. The maximum Gasteiger partial charge on any atom is 0.339 e. The Bertz CT molecular complexity index is 564. The molecule has 0 fully saturated rings. The number of aromatic carboxylic acids is 1. The van der Waals surface area contributed by atoms with Crippen LogP contribution >= 0.6 is 0 Å². The number of carboxylic acid groups (broad SMARTS) is 1. The van der Waals surface area contributed by atoms with E-state index in [1.165, 1.54) is 12.1 Å². The smallest absolute Gasteiger partial charge is 0.339 e. The highest BCUT2D eigenvalue weighted by molar-refractivity contribution is 6.05. The number of carboxylic acids is 1. The molecule has 1 aromatic carbocycles. The van der Waals surface area contributed by atoms with E-state index in [0.29, 0.717) is 6.42 Å². The second-order valence-electron chi connectivity index (χ2n) is 5.04. The lowest BCUT2D eigenvalue weighted by Gasteiger charge is -2.10. The second kappa shape index (κ2) is 9.61. The molecular formula is C17H22O6. The van der Waals surface area contributed by atoms with Gasteiger partial charge in [-0.2, -0.15) is 0 Å². The standard InChI is InChI=1S/C17H22O6/c1-3-5-9-22-16(20)13-8-7-12(15(18)19)11-14(13)17(21)23-10-6-4-2/h7-8,11H,3-6,9-10H2,1-2H3,(H,18,19). The first kappa shape index (κ1) is 18.7. The van der Waals surface area contributed by atoms with Crippen molar-refractivity contribution in [1.82, 2.24) is 0 Å². The van der Waals surface area contributed by atoms with Crippen LogP contribution in [0.5, 0.6) is 0 Å². The number of hydrogen-bond acceptors (Lipinski definition) is 5. The number of benzene rings is 1. The molecule has 23 heavy (non-hydrogen) atoms. The van der Waals surface area contributed by atoms with Gasteiger partial charge in [0.1, 0.15) is 0 Å². The fraction of sp³-hybridized carbons (Fsp3) is 0.471. The van der Waals surface area contributed by atoms with Gasteiger partial charge in [-0.1, -0.05) is 26.7 Å². The van der Waals surface area contributed by atoms with Crippen LogP contribution in [0.15, 0.2) is 18.2 Å². The van der Waals surface area contributed by atoms with Crippen molar-refractivity contribution in [2.24, 2.45) is 0 Å². The van der Waals surface area contributed by atoms with Crippen LogP contribution in [0.25, 0.3) is 0 Å². The van der Waals surface area contributed by atoms with Crippen LogP contribution in [0.4, 0.5) is 0 Å². The third-order valence-electron chi connectivity index (χ3n) is 3.17. The van der Waals surface area contributed by atoms with Gasteiger partial charge in [0.2, 0.25) is 0 Å². The Balaban J connectivity index is 3.01. The molecule has 6 heteroatoms. The normalized spacial score (nSPS) is 10.2. The van der Waals surface area contributed by atoms with Crippen molar-refractivity contribution in [1.29, 1.82) is 0 Å². The third kappa shape index (κ3) is 5.73. The number of rotatable bonds is 9. The van der Waals surface area contributed by atoms with Gasteiger partial charge in [-0.05, 0) is 31.0 Å². The van der Waals surface area contributed by atoms with E-state index in [2.05, 4.69) is 0 Å². The Hall–Kier alpha value is -2.37.